The Bertz CT molecular complexity index is 886. The van der Waals surface area contributed by atoms with Crippen LogP contribution in [0.25, 0.3) is 0 Å². The van der Waals surface area contributed by atoms with Gasteiger partial charge in [0, 0.05) is 40.9 Å². The predicted molar refractivity (Wildman–Crippen MR) is 127 cm³/mol. The van der Waals surface area contributed by atoms with Crippen molar-refractivity contribution in [2.45, 2.75) is 50.7 Å². The van der Waals surface area contributed by atoms with Crippen molar-refractivity contribution in [3.63, 3.8) is 0 Å². The Morgan fingerprint density at radius 2 is 1.61 bits per heavy atom. The largest absolute Gasteiger partial charge is 0.497 e. The second-order valence-corrected chi connectivity index (χ2v) is 9.69. The van der Waals surface area contributed by atoms with Gasteiger partial charge in [0.2, 0.25) is 11.8 Å². The highest BCUT2D eigenvalue weighted by Crippen LogP contribution is 2.30. The summed E-state index contributed by atoms with van der Waals surface area (Å²) in [4.78, 5) is 26.0. The molecule has 0 spiro atoms. The number of nitrogens with one attached hydrogen (secondary N) is 2. The van der Waals surface area contributed by atoms with Crippen molar-refractivity contribution < 1.29 is 19.1 Å². The van der Waals surface area contributed by atoms with Gasteiger partial charge in [0.25, 0.3) is 0 Å². The van der Waals surface area contributed by atoms with E-state index in [1.54, 1.807) is 32.4 Å². The van der Waals surface area contributed by atoms with Gasteiger partial charge in [0.1, 0.15) is 11.5 Å². The molecule has 0 saturated carbocycles. The van der Waals surface area contributed by atoms with Crippen LogP contribution in [0.4, 0.5) is 11.4 Å². The van der Waals surface area contributed by atoms with E-state index in [-0.39, 0.29) is 22.5 Å². The van der Waals surface area contributed by atoms with Gasteiger partial charge in [-0.05, 0) is 30.0 Å². The molecule has 168 valence electrons. The second-order valence-electron chi connectivity index (χ2n) is 8.42. The summed E-state index contributed by atoms with van der Waals surface area (Å²) in [5.74, 6) is 1.08. The van der Waals surface area contributed by atoms with E-state index in [0.29, 0.717) is 30.0 Å². The summed E-state index contributed by atoms with van der Waals surface area (Å²) in [7, 11) is 3.14. The lowest BCUT2D eigenvalue weighted by atomic mass is 9.92. The molecule has 31 heavy (non-hydrogen) atoms. The highest BCUT2D eigenvalue weighted by atomic mass is 32.2. The molecule has 0 aromatic heterocycles. The monoisotopic (exact) mass is 444 g/mol. The number of methoxy groups -OCH3 is 2. The summed E-state index contributed by atoms with van der Waals surface area (Å²) in [5.41, 5.74) is 1.26. The van der Waals surface area contributed by atoms with Gasteiger partial charge in [-0.2, -0.15) is 0 Å². The molecular formula is C24H32N2O4S. The summed E-state index contributed by atoms with van der Waals surface area (Å²) in [6.45, 7) is 8.06. The number of benzene rings is 2. The van der Waals surface area contributed by atoms with Gasteiger partial charge in [-0.3, -0.25) is 9.59 Å². The van der Waals surface area contributed by atoms with Crippen LogP contribution in [-0.2, 0) is 9.59 Å². The van der Waals surface area contributed by atoms with E-state index in [1.165, 1.54) is 11.8 Å². The topological polar surface area (TPSA) is 76.7 Å². The lowest BCUT2D eigenvalue weighted by molar-refractivity contribution is -0.118. The first kappa shape index (κ1) is 24.6. The summed E-state index contributed by atoms with van der Waals surface area (Å²) < 4.78 is 10.5. The zero-order chi connectivity index (χ0) is 23.0. The Labute approximate surface area is 189 Å². The minimum atomic E-state index is -0.294. The standard InChI is InChI=1S/C24H32N2O4S/c1-7-21(23(28)26-17-11-18(29-5)14-19(12-17)30-6)31-20-10-8-9-16(13-20)25-22(27)15-24(2,3)4/h8-14,21H,7,15H2,1-6H3,(H,25,27)(H,26,28). The first-order valence-corrected chi connectivity index (χ1v) is 11.1. The van der Waals surface area contributed by atoms with Crippen molar-refractivity contribution in [2.75, 3.05) is 24.9 Å². The fraction of sp³-hybridized carbons (Fsp3) is 0.417. The van der Waals surface area contributed by atoms with Gasteiger partial charge in [0.05, 0.1) is 19.5 Å². The number of hydrogen-bond donors (Lipinski definition) is 2. The van der Waals surface area contributed by atoms with Crippen LogP contribution >= 0.6 is 11.8 Å². The molecule has 7 heteroatoms. The summed E-state index contributed by atoms with van der Waals surface area (Å²) in [6, 6.07) is 12.8. The molecule has 0 radical (unpaired) electrons. The number of ether oxygens (including phenoxy) is 2. The van der Waals surface area contributed by atoms with Crippen LogP contribution in [0.15, 0.2) is 47.4 Å². The van der Waals surface area contributed by atoms with E-state index in [9.17, 15) is 9.59 Å². The number of rotatable bonds is 9. The lowest BCUT2D eigenvalue weighted by Gasteiger charge is -2.18. The third-order valence-electron chi connectivity index (χ3n) is 4.37. The molecule has 2 aromatic carbocycles. The van der Waals surface area contributed by atoms with Crippen LogP contribution in [0.1, 0.15) is 40.5 Å². The SMILES string of the molecule is CCC(Sc1cccc(NC(=O)CC(C)(C)C)c1)C(=O)Nc1cc(OC)cc(OC)c1. The second kappa shape index (κ2) is 11.1. The maximum absolute atomic E-state index is 12.9. The number of carbonyl (C=O) groups excluding carboxylic acids is 2. The van der Waals surface area contributed by atoms with Crippen molar-refractivity contribution in [1.29, 1.82) is 0 Å². The third kappa shape index (κ3) is 8.17. The molecule has 2 rings (SSSR count). The maximum atomic E-state index is 12.9. The molecule has 0 bridgehead atoms. The van der Waals surface area contributed by atoms with Crippen LogP contribution in [0.5, 0.6) is 11.5 Å². The van der Waals surface area contributed by atoms with E-state index >= 15 is 0 Å². The molecule has 0 aliphatic heterocycles. The van der Waals surface area contributed by atoms with Gasteiger partial charge in [-0.15, -0.1) is 11.8 Å². The van der Waals surface area contributed by atoms with Gasteiger partial charge in [-0.25, -0.2) is 0 Å². The number of hydrogen-bond acceptors (Lipinski definition) is 5. The quantitative estimate of drug-likeness (QED) is 0.493. The van der Waals surface area contributed by atoms with E-state index in [1.807, 2.05) is 52.0 Å². The molecule has 0 aliphatic carbocycles. The van der Waals surface area contributed by atoms with Gasteiger partial charge < -0.3 is 20.1 Å². The zero-order valence-electron chi connectivity index (χ0n) is 19.1. The number of amides is 2. The Morgan fingerprint density at radius 1 is 0.968 bits per heavy atom. The molecule has 1 atom stereocenters. The number of anilines is 2. The normalized spacial score (nSPS) is 12.1. The molecule has 1 unspecified atom stereocenters. The van der Waals surface area contributed by atoms with Crippen LogP contribution in [0.2, 0.25) is 0 Å². The third-order valence-corrected chi connectivity index (χ3v) is 5.73. The van der Waals surface area contributed by atoms with Crippen LogP contribution < -0.4 is 20.1 Å². The molecule has 2 aromatic rings. The Morgan fingerprint density at radius 3 is 2.16 bits per heavy atom. The van der Waals surface area contributed by atoms with Crippen molar-refractivity contribution in [1.82, 2.24) is 0 Å². The lowest BCUT2D eigenvalue weighted by Crippen LogP contribution is -2.24. The van der Waals surface area contributed by atoms with E-state index in [0.717, 1.165) is 10.6 Å². The van der Waals surface area contributed by atoms with Crippen molar-refractivity contribution >= 4 is 35.0 Å². The average Bonchev–Trinajstić information content (AvgIpc) is 2.70. The number of thioether (sulfide) groups is 1. The summed E-state index contributed by atoms with van der Waals surface area (Å²) in [6.07, 6.45) is 1.09. The van der Waals surface area contributed by atoms with Crippen LogP contribution in [0.3, 0.4) is 0 Å². The highest BCUT2D eigenvalue weighted by molar-refractivity contribution is 8.00. The fourth-order valence-electron chi connectivity index (χ4n) is 2.92. The Balaban J connectivity index is 2.07. The first-order chi connectivity index (χ1) is 14.6. The molecule has 2 amide bonds. The Kier molecular flexibility index (Phi) is 8.80. The summed E-state index contributed by atoms with van der Waals surface area (Å²) in [5, 5.41) is 5.60. The van der Waals surface area contributed by atoms with E-state index < -0.39 is 0 Å². The van der Waals surface area contributed by atoms with Crippen molar-refractivity contribution in [3.05, 3.63) is 42.5 Å². The molecule has 0 fully saturated rings. The van der Waals surface area contributed by atoms with Crippen LogP contribution in [-0.4, -0.2) is 31.3 Å². The minimum absolute atomic E-state index is 0.0218. The molecule has 0 saturated heterocycles. The molecule has 0 heterocycles. The zero-order valence-corrected chi connectivity index (χ0v) is 19.9. The minimum Gasteiger partial charge on any atom is -0.497 e. The van der Waals surface area contributed by atoms with Crippen LogP contribution in [0, 0.1) is 5.41 Å². The average molecular weight is 445 g/mol. The smallest absolute Gasteiger partial charge is 0.237 e. The predicted octanol–water partition coefficient (Wildman–Crippen LogP) is 5.59. The van der Waals surface area contributed by atoms with Crippen molar-refractivity contribution in [3.8, 4) is 11.5 Å². The molecular weight excluding hydrogens is 412 g/mol. The highest BCUT2D eigenvalue weighted by Gasteiger charge is 2.20. The molecule has 6 nitrogen and oxygen atoms in total. The number of carbonyl (C=O) groups is 2. The summed E-state index contributed by atoms with van der Waals surface area (Å²) >= 11 is 1.46. The molecule has 0 aliphatic rings. The van der Waals surface area contributed by atoms with Gasteiger partial charge >= 0.3 is 0 Å². The van der Waals surface area contributed by atoms with E-state index in [4.69, 9.17) is 9.47 Å². The van der Waals surface area contributed by atoms with E-state index in [2.05, 4.69) is 10.6 Å². The van der Waals surface area contributed by atoms with Crippen molar-refractivity contribution in [2.24, 2.45) is 5.41 Å². The van der Waals surface area contributed by atoms with Gasteiger partial charge in [0.15, 0.2) is 0 Å². The Hall–Kier alpha value is -2.67. The van der Waals surface area contributed by atoms with Gasteiger partial charge in [-0.1, -0.05) is 33.8 Å². The first-order valence-electron chi connectivity index (χ1n) is 10.2. The fourth-order valence-corrected chi connectivity index (χ4v) is 3.94. The maximum Gasteiger partial charge on any atom is 0.237 e. The molecule has 2 N–H and O–H groups in total.